The average molecular weight is 348 g/mol. The van der Waals surface area contributed by atoms with E-state index < -0.39 is 17.6 Å². The molecule has 124 valence electrons. The number of carbonyl (C=O) groups excluding carboxylic acids is 2. The number of carbonyl (C=O) groups is 2. The standard InChI is InChI=1S/C17H15ClFN3O2/c18-14-7-4-8-15(19)13(14)11-21-22-17(24)9-16(23)20-10-12-5-2-1-3-6-12/h1-8,11H,9-10H2,(H,20,23)(H,22,24)/b21-11-. The first-order valence-electron chi connectivity index (χ1n) is 7.13. The molecule has 0 saturated carbocycles. The highest BCUT2D eigenvalue weighted by Crippen LogP contribution is 2.16. The molecular formula is C17H15ClFN3O2. The molecule has 0 bridgehead atoms. The number of hydrogen-bond acceptors (Lipinski definition) is 3. The second-order valence-corrected chi connectivity index (χ2v) is 5.27. The van der Waals surface area contributed by atoms with Crippen molar-refractivity contribution in [3.05, 3.63) is 70.5 Å². The van der Waals surface area contributed by atoms with Gasteiger partial charge in [0, 0.05) is 12.1 Å². The summed E-state index contributed by atoms with van der Waals surface area (Å²) in [5.74, 6) is -1.60. The fraction of sp³-hybridized carbons (Fsp3) is 0.118. The van der Waals surface area contributed by atoms with Gasteiger partial charge in [-0.1, -0.05) is 48.0 Å². The van der Waals surface area contributed by atoms with Crippen LogP contribution in [0.4, 0.5) is 4.39 Å². The van der Waals surface area contributed by atoms with Crippen molar-refractivity contribution < 1.29 is 14.0 Å². The van der Waals surface area contributed by atoms with Gasteiger partial charge in [0.25, 0.3) is 0 Å². The molecule has 7 heteroatoms. The fourth-order valence-electron chi connectivity index (χ4n) is 1.85. The summed E-state index contributed by atoms with van der Waals surface area (Å²) in [6.07, 6.45) is 0.715. The van der Waals surface area contributed by atoms with Gasteiger partial charge in [-0.25, -0.2) is 9.82 Å². The molecule has 2 aromatic carbocycles. The number of hydrazone groups is 1. The Labute approximate surface area is 143 Å². The lowest BCUT2D eigenvalue weighted by molar-refractivity contribution is -0.129. The van der Waals surface area contributed by atoms with Crippen molar-refractivity contribution in [1.82, 2.24) is 10.7 Å². The summed E-state index contributed by atoms with van der Waals surface area (Å²) in [7, 11) is 0. The van der Waals surface area contributed by atoms with Crippen LogP contribution in [0.5, 0.6) is 0 Å². The molecule has 0 fully saturated rings. The molecule has 0 radical (unpaired) electrons. The Hall–Kier alpha value is -2.73. The van der Waals surface area contributed by atoms with Gasteiger partial charge in [-0.15, -0.1) is 0 Å². The normalized spacial score (nSPS) is 10.6. The Bertz CT molecular complexity index is 731. The summed E-state index contributed by atoms with van der Waals surface area (Å²) in [5, 5.41) is 6.40. The van der Waals surface area contributed by atoms with Crippen LogP contribution in [0.25, 0.3) is 0 Å². The number of halogens is 2. The summed E-state index contributed by atoms with van der Waals surface area (Å²) in [6, 6.07) is 13.5. The van der Waals surface area contributed by atoms with Crippen LogP contribution in [0, 0.1) is 5.82 Å². The zero-order chi connectivity index (χ0) is 17.4. The minimum Gasteiger partial charge on any atom is -0.352 e. The SMILES string of the molecule is O=C(CC(=O)N/N=C\c1c(F)cccc1Cl)NCc1ccccc1. The van der Waals surface area contributed by atoms with E-state index in [2.05, 4.69) is 15.8 Å². The van der Waals surface area contributed by atoms with E-state index in [1.165, 1.54) is 18.2 Å². The van der Waals surface area contributed by atoms with Gasteiger partial charge in [-0.3, -0.25) is 9.59 Å². The van der Waals surface area contributed by atoms with Crippen LogP contribution >= 0.6 is 11.6 Å². The van der Waals surface area contributed by atoms with E-state index in [1.807, 2.05) is 30.3 Å². The van der Waals surface area contributed by atoms with Crippen molar-refractivity contribution in [2.24, 2.45) is 5.10 Å². The number of nitrogens with zero attached hydrogens (tertiary/aromatic N) is 1. The van der Waals surface area contributed by atoms with Crippen LogP contribution in [-0.2, 0) is 16.1 Å². The molecule has 2 rings (SSSR count). The quantitative estimate of drug-likeness (QED) is 0.479. The molecule has 0 saturated heterocycles. The summed E-state index contributed by atoms with van der Waals surface area (Å²) >= 11 is 5.82. The second kappa shape index (κ2) is 8.79. The third-order valence-corrected chi connectivity index (χ3v) is 3.37. The Morgan fingerprint density at radius 2 is 1.83 bits per heavy atom. The van der Waals surface area contributed by atoms with Crippen LogP contribution in [0.15, 0.2) is 53.6 Å². The van der Waals surface area contributed by atoms with Gasteiger partial charge in [0.15, 0.2) is 0 Å². The maximum absolute atomic E-state index is 13.5. The molecular weight excluding hydrogens is 333 g/mol. The first-order chi connectivity index (χ1) is 11.6. The molecule has 2 aromatic rings. The third kappa shape index (κ3) is 5.48. The highest BCUT2D eigenvalue weighted by Gasteiger charge is 2.09. The molecule has 0 heterocycles. The minimum absolute atomic E-state index is 0.0630. The molecule has 0 aliphatic carbocycles. The maximum atomic E-state index is 13.5. The van der Waals surface area contributed by atoms with Crippen molar-refractivity contribution in [1.29, 1.82) is 0 Å². The second-order valence-electron chi connectivity index (χ2n) is 4.87. The number of amides is 2. The van der Waals surface area contributed by atoms with Crippen LogP contribution < -0.4 is 10.7 Å². The molecule has 0 aliphatic heterocycles. The van der Waals surface area contributed by atoms with E-state index in [1.54, 1.807) is 0 Å². The lowest BCUT2D eigenvalue weighted by atomic mass is 10.2. The molecule has 0 spiro atoms. The first-order valence-corrected chi connectivity index (χ1v) is 7.50. The maximum Gasteiger partial charge on any atom is 0.249 e. The van der Waals surface area contributed by atoms with Crippen molar-refractivity contribution in [3.8, 4) is 0 Å². The summed E-state index contributed by atoms with van der Waals surface area (Å²) < 4.78 is 13.5. The van der Waals surface area contributed by atoms with E-state index >= 15 is 0 Å². The van der Waals surface area contributed by atoms with Gasteiger partial charge >= 0.3 is 0 Å². The monoisotopic (exact) mass is 347 g/mol. The van der Waals surface area contributed by atoms with Gasteiger partial charge in [-0.05, 0) is 17.7 Å². The van der Waals surface area contributed by atoms with Crippen molar-refractivity contribution in [2.75, 3.05) is 0 Å². The topological polar surface area (TPSA) is 70.6 Å². The first kappa shape index (κ1) is 17.6. The smallest absolute Gasteiger partial charge is 0.249 e. The van der Waals surface area contributed by atoms with Gasteiger partial charge in [0.2, 0.25) is 11.8 Å². The molecule has 2 N–H and O–H groups in total. The third-order valence-electron chi connectivity index (χ3n) is 3.04. The number of hydrogen-bond donors (Lipinski definition) is 2. The highest BCUT2D eigenvalue weighted by atomic mass is 35.5. The van der Waals surface area contributed by atoms with E-state index in [0.717, 1.165) is 11.8 Å². The molecule has 0 atom stereocenters. The lowest BCUT2D eigenvalue weighted by Gasteiger charge is -2.04. The molecule has 5 nitrogen and oxygen atoms in total. The van der Waals surface area contributed by atoms with Gasteiger partial charge in [0.1, 0.15) is 12.2 Å². The van der Waals surface area contributed by atoms with Crippen molar-refractivity contribution in [3.63, 3.8) is 0 Å². The van der Waals surface area contributed by atoms with Gasteiger partial charge < -0.3 is 5.32 Å². The minimum atomic E-state index is -0.607. The zero-order valence-corrected chi connectivity index (χ0v) is 13.4. The molecule has 0 unspecified atom stereocenters. The summed E-state index contributed by atoms with van der Waals surface area (Å²) in [4.78, 5) is 23.3. The predicted molar refractivity (Wildman–Crippen MR) is 90.1 cm³/mol. The Balaban J connectivity index is 1.78. The number of nitrogens with one attached hydrogen (secondary N) is 2. The Morgan fingerprint density at radius 1 is 1.08 bits per heavy atom. The lowest BCUT2D eigenvalue weighted by Crippen LogP contribution is -2.29. The Morgan fingerprint density at radius 3 is 2.54 bits per heavy atom. The Kier molecular flexibility index (Phi) is 6.45. The van der Waals surface area contributed by atoms with Gasteiger partial charge in [-0.2, -0.15) is 5.10 Å². The van der Waals surface area contributed by atoms with E-state index in [4.69, 9.17) is 11.6 Å². The zero-order valence-electron chi connectivity index (χ0n) is 12.6. The van der Waals surface area contributed by atoms with Crippen molar-refractivity contribution in [2.45, 2.75) is 13.0 Å². The van der Waals surface area contributed by atoms with Crippen molar-refractivity contribution >= 4 is 29.6 Å². The largest absolute Gasteiger partial charge is 0.352 e. The summed E-state index contributed by atoms with van der Waals surface area (Å²) in [5.41, 5.74) is 3.15. The average Bonchev–Trinajstić information content (AvgIpc) is 2.56. The number of rotatable bonds is 6. The molecule has 2 amide bonds. The molecule has 0 aliphatic rings. The molecule has 24 heavy (non-hydrogen) atoms. The van der Waals surface area contributed by atoms with E-state index in [0.29, 0.717) is 6.54 Å². The van der Waals surface area contributed by atoms with Crippen LogP contribution in [0.2, 0.25) is 5.02 Å². The predicted octanol–water partition coefficient (Wildman–Crippen LogP) is 2.64. The van der Waals surface area contributed by atoms with E-state index in [9.17, 15) is 14.0 Å². The van der Waals surface area contributed by atoms with Crippen LogP contribution in [-0.4, -0.2) is 18.0 Å². The molecule has 0 aromatic heterocycles. The van der Waals surface area contributed by atoms with Crippen LogP contribution in [0.3, 0.4) is 0 Å². The highest BCUT2D eigenvalue weighted by molar-refractivity contribution is 6.33. The van der Waals surface area contributed by atoms with Gasteiger partial charge in [0.05, 0.1) is 11.2 Å². The summed E-state index contributed by atoms with van der Waals surface area (Å²) in [6.45, 7) is 0.334. The number of benzene rings is 2. The van der Waals surface area contributed by atoms with E-state index in [-0.39, 0.29) is 17.0 Å². The van der Waals surface area contributed by atoms with Crippen LogP contribution in [0.1, 0.15) is 17.5 Å². The fourth-order valence-corrected chi connectivity index (χ4v) is 2.06.